The Morgan fingerprint density at radius 2 is 2.22 bits per heavy atom. The number of carbonyl (C=O) groups excluding carboxylic acids is 1. The lowest BCUT2D eigenvalue weighted by Crippen LogP contribution is -2.36. The van der Waals surface area contributed by atoms with Crippen LogP contribution in [0.1, 0.15) is 12.5 Å². The van der Waals surface area contributed by atoms with Crippen molar-refractivity contribution in [1.82, 2.24) is 4.90 Å². The van der Waals surface area contributed by atoms with Crippen molar-refractivity contribution < 1.29 is 19.0 Å². The maximum atomic E-state index is 13.1. The number of amides is 1. The van der Waals surface area contributed by atoms with Gasteiger partial charge < -0.3 is 14.7 Å². The summed E-state index contributed by atoms with van der Waals surface area (Å²) in [5.74, 6) is -0.102. The molecule has 0 bridgehead atoms. The molecule has 4 nitrogen and oxygen atoms in total. The van der Waals surface area contributed by atoms with E-state index in [2.05, 4.69) is 0 Å². The monoisotopic (exact) mass is 255 g/mol. The zero-order valence-electron chi connectivity index (χ0n) is 10.8. The minimum absolute atomic E-state index is 0.338. The van der Waals surface area contributed by atoms with E-state index < -0.39 is 6.10 Å². The van der Waals surface area contributed by atoms with Crippen LogP contribution in [0.3, 0.4) is 0 Å². The standard InChI is InChI=1S/C13H18FNO3/c1-9(16)13(17)15(2)7-6-10-8-11(14)4-5-12(10)18-3/h4-5,8-9,16H,6-7H2,1-3H3. The topological polar surface area (TPSA) is 49.8 Å². The highest BCUT2D eigenvalue weighted by Gasteiger charge is 2.15. The third-order valence-electron chi connectivity index (χ3n) is 2.69. The molecule has 1 aromatic carbocycles. The Balaban J connectivity index is 2.68. The predicted octanol–water partition coefficient (Wildman–Crippen LogP) is 1.22. The largest absolute Gasteiger partial charge is 0.496 e. The number of benzene rings is 1. The van der Waals surface area contributed by atoms with E-state index in [4.69, 9.17) is 9.84 Å². The van der Waals surface area contributed by atoms with Gasteiger partial charge in [-0.15, -0.1) is 0 Å². The third kappa shape index (κ3) is 3.70. The van der Waals surface area contributed by atoms with Gasteiger partial charge in [0.2, 0.25) is 0 Å². The average molecular weight is 255 g/mol. The van der Waals surface area contributed by atoms with Gasteiger partial charge in [0.25, 0.3) is 5.91 Å². The van der Waals surface area contributed by atoms with E-state index in [0.717, 1.165) is 0 Å². The fraction of sp³-hybridized carbons (Fsp3) is 0.462. The van der Waals surface area contributed by atoms with Gasteiger partial charge in [0.1, 0.15) is 17.7 Å². The average Bonchev–Trinajstić information content (AvgIpc) is 2.35. The number of carbonyl (C=O) groups is 1. The molecule has 1 amide bonds. The maximum absolute atomic E-state index is 13.1. The molecule has 0 aliphatic heterocycles. The van der Waals surface area contributed by atoms with E-state index >= 15 is 0 Å². The van der Waals surface area contributed by atoms with Crippen LogP contribution in [0.15, 0.2) is 18.2 Å². The molecule has 0 heterocycles. The van der Waals surface area contributed by atoms with Crippen LogP contribution in [0.2, 0.25) is 0 Å². The highest BCUT2D eigenvalue weighted by molar-refractivity contribution is 5.79. The number of nitrogens with zero attached hydrogens (tertiary/aromatic N) is 1. The Morgan fingerprint density at radius 3 is 2.78 bits per heavy atom. The van der Waals surface area contributed by atoms with Crippen LogP contribution < -0.4 is 4.74 Å². The number of aliphatic hydroxyl groups is 1. The first-order chi connectivity index (χ1) is 8.45. The van der Waals surface area contributed by atoms with Gasteiger partial charge in [-0.3, -0.25) is 4.79 Å². The van der Waals surface area contributed by atoms with E-state index in [-0.39, 0.29) is 11.7 Å². The second-order valence-electron chi connectivity index (χ2n) is 4.14. The first kappa shape index (κ1) is 14.4. The molecule has 1 unspecified atom stereocenters. The molecule has 1 rings (SSSR count). The predicted molar refractivity (Wildman–Crippen MR) is 66.0 cm³/mol. The van der Waals surface area contributed by atoms with E-state index in [9.17, 15) is 9.18 Å². The Labute approximate surface area is 106 Å². The van der Waals surface area contributed by atoms with Gasteiger partial charge in [-0.1, -0.05) is 0 Å². The van der Waals surface area contributed by atoms with Crippen molar-refractivity contribution in [2.75, 3.05) is 20.7 Å². The van der Waals surface area contributed by atoms with Crippen molar-refractivity contribution in [3.05, 3.63) is 29.6 Å². The number of ether oxygens (including phenoxy) is 1. The lowest BCUT2D eigenvalue weighted by atomic mass is 10.1. The smallest absolute Gasteiger partial charge is 0.250 e. The summed E-state index contributed by atoms with van der Waals surface area (Å²) in [5.41, 5.74) is 0.697. The molecule has 1 atom stereocenters. The quantitative estimate of drug-likeness (QED) is 0.860. The first-order valence-corrected chi connectivity index (χ1v) is 5.71. The minimum Gasteiger partial charge on any atom is -0.496 e. The van der Waals surface area contributed by atoms with Crippen molar-refractivity contribution in [3.8, 4) is 5.75 Å². The highest BCUT2D eigenvalue weighted by atomic mass is 19.1. The Morgan fingerprint density at radius 1 is 1.56 bits per heavy atom. The second kappa shape index (κ2) is 6.35. The van der Waals surface area contributed by atoms with Crippen LogP contribution in [-0.4, -0.2) is 42.7 Å². The zero-order valence-corrected chi connectivity index (χ0v) is 10.8. The van der Waals surface area contributed by atoms with E-state index in [0.29, 0.717) is 24.3 Å². The van der Waals surface area contributed by atoms with Crippen molar-refractivity contribution in [2.24, 2.45) is 0 Å². The normalized spacial score (nSPS) is 12.1. The summed E-state index contributed by atoms with van der Waals surface area (Å²) in [7, 11) is 3.11. The highest BCUT2D eigenvalue weighted by Crippen LogP contribution is 2.19. The Hall–Kier alpha value is -1.62. The summed E-state index contributed by atoms with van der Waals surface area (Å²) in [6.07, 6.45) is -0.556. The molecular formula is C13H18FNO3. The van der Waals surface area contributed by atoms with E-state index in [1.54, 1.807) is 13.1 Å². The summed E-state index contributed by atoms with van der Waals surface area (Å²) >= 11 is 0. The molecule has 0 aliphatic carbocycles. The number of rotatable bonds is 5. The van der Waals surface area contributed by atoms with Gasteiger partial charge in [0, 0.05) is 13.6 Å². The summed E-state index contributed by atoms with van der Waals surface area (Å²) in [5, 5.41) is 9.16. The number of methoxy groups -OCH3 is 1. The Kier molecular flexibility index (Phi) is 5.09. The summed E-state index contributed by atoms with van der Waals surface area (Å²) in [4.78, 5) is 12.9. The molecule has 0 aliphatic rings. The molecular weight excluding hydrogens is 237 g/mol. The van der Waals surface area contributed by atoms with E-state index in [1.807, 2.05) is 0 Å². The molecule has 0 aromatic heterocycles. The van der Waals surface area contributed by atoms with Gasteiger partial charge >= 0.3 is 0 Å². The molecule has 0 spiro atoms. The number of likely N-dealkylation sites (N-methyl/N-ethyl adjacent to an activating group) is 1. The summed E-state index contributed by atoms with van der Waals surface area (Å²) < 4.78 is 18.2. The third-order valence-corrected chi connectivity index (χ3v) is 2.69. The van der Waals surface area contributed by atoms with Crippen LogP contribution in [0.25, 0.3) is 0 Å². The van der Waals surface area contributed by atoms with Crippen LogP contribution >= 0.6 is 0 Å². The van der Waals surface area contributed by atoms with Crippen molar-refractivity contribution in [1.29, 1.82) is 0 Å². The lowest BCUT2D eigenvalue weighted by molar-refractivity contribution is -0.137. The maximum Gasteiger partial charge on any atom is 0.250 e. The molecule has 100 valence electrons. The molecule has 1 N–H and O–H groups in total. The lowest BCUT2D eigenvalue weighted by Gasteiger charge is -2.19. The number of aliphatic hydroxyl groups excluding tert-OH is 1. The first-order valence-electron chi connectivity index (χ1n) is 5.71. The van der Waals surface area contributed by atoms with Crippen molar-refractivity contribution in [3.63, 3.8) is 0 Å². The summed E-state index contributed by atoms with van der Waals surface area (Å²) in [6.45, 7) is 1.81. The van der Waals surface area contributed by atoms with Gasteiger partial charge in [0.05, 0.1) is 7.11 Å². The van der Waals surface area contributed by atoms with Gasteiger partial charge in [0.15, 0.2) is 0 Å². The number of halogens is 1. The SMILES string of the molecule is COc1ccc(F)cc1CCN(C)C(=O)C(C)O. The molecule has 5 heteroatoms. The minimum atomic E-state index is -1.02. The summed E-state index contributed by atoms with van der Waals surface area (Å²) in [6, 6.07) is 4.27. The van der Waals surface area contributed by atoms with Crippen LogP contribution in [0, 0.1) is 5.82 Å². The number of hydrogen-bond donors (Lipinski definition) is 1. The van der Waals surface area contributed by atoms with Crippen LogP contribution in [-0.2, 0) is 11.2 Å². The molecule has 0 radical (unpaired) electrons. The molecule has 1 aromatic rings. The van der Waals surface area contributed by atoms with Crippen LogP contribution in [0.5, 0.6) is 5.75 Å². The van der Waals surface area contributed by atoms with Crippen molar-refractivity contribution >= 4 is 5.91 Å². The Bertz CT molecular complexity index is 421. The fourth-order valence-corrected chi connectivity index (χ4v) is 1.66. The molecule has 0 saturated carbocycles. The van der Waals surface area contributed by atoms with E-state index in [1.165, 1.54) is 31.1 Å². The van der Waals surface area contributed by atoms with Crippen molar-refractivity contribution in [2.45, 2.75) is 19.4 Å². The molecule has 0 fully saturated rings. The number of hydrogen-bond acceptors (Lipinski definition) is 3. The zero-order chi connectivity index (χ0) is 13.7. The fourth-order valence-electron chi connectivity index (χ4n) is 1.66. The van der Waals surface area contributed by atoms with Gasteiger partial charge in [-0.05, 0) is 37.1 Å². The van der Waals surface area contributed by atoms with Gasteiger partial charge in [-0.2, -0.15) is 0 Å². The van der Waals surface area contributed by atoms with Gasteiger partial charge in [-0.25, -0.2) is 4.39 Å². The van der Waals surface area contributed by atoms with Crippen LogP contribution in [0.4, 0.5) is 4.39 Å². The molecule has 18 heavy (non-hydrogen) atoms. The molecule has 0 saturated heterocycles. The second-order valence-corrected chi connectivity index (χ2v) is 4.14.